The highest BCUT2D eigenvalue weighted by Crippen LogP contribution is 2.18. The first kappa shape index (κ1) is 13.5. The van der Waals surface area contributed by atoms with E-state index in [1.54, 1.807) is 0 Å². The molecule has 0 saturated heterocycles. The number of halogens is 2. The van der Waals surface area contributed by atoms with Crippen LogP contribution in [-0.4, -0.2) is 12.4 Å². The molecule has 92 valence electrons. The van der Waals surface area contributed by atoms with Crippen molar-refractivity contribution >= 4 is 44.3 Å². The molecule has 0 atom stereocenters. The maximum absolute atomic E-state index is 11.9. The third-order valence-corrected chi connectivity index (χ3v) is 3.54. The zero-order chi connectivity index (χ0) is 13.0. The summed E-state index contributed by atoms with van der Waals surface area (Å²) in [6, 6.07) is 14.9. The number of ether oxygens (including phenoxy) is 1. The zero-order valence-electron chi connectivity index (χ0n) is 9.40. The summed E-state index contributed by atoms with van der Waals surface area (Å²) in [5.74, 6) is 0.662. The number of hydrogen-bond donors (Lipinski definition) is 0. The molecule has 2 rings (SSSR count). The molecule has 0 radical (unpaired) electrons. The fourth-order valence-electron chi connectivity index (χ4n) is 1.42. The summed E-state index contributed by atoms with van der Waals surface area (Å²) < 4.78 is 7.49. The Bertz CT molecular complexity index is 552. The Morgan fingerprint density at radius 1 is 1.17 bits per heavy atom. The molecule has 0 heterocycles. The lowest BCUT2D eigenvalue weighted by Gasteiger charge is -2.06. The van der Waals surface area contributed by atoms with E-state index in [9.17, 15) is 4.79 Å². The van der Waals surface area contributed by atoms with Gasteiger partial charge in [-0.1, -0.05) is 34.1 Å². The van der Waals surface area contributed by atoms with Crippen molar-refractivity contribution in [3.63, 3.8) is 0 Å². The lowest BCUT2D eigenvalue weighted by molar-refractivity contribution is 0.0921. The quantitative estimate of drug-likeness (QED) is 0.548. The molecule has 18 heavy (non-hydrogen) atoms. The maximum atomic E-state index is 11.9. The SMILES string of the molecule is O=C(COc1cccc(Br)c1)c1ccc(I)cc1. The van der Waals surface area contributed by atoms with Crippen molar-refractivity contribution < 1.29 is 9.53 Å². The number of benzene rings is 2. The van der Waals surface area contributed by atoms with Gasteiger partial charge >= 0.3 is 0 Å². The van der Waals surface area contributed by atoms with Gasteiger partial charge in [0.15, 0.2) is 12.4 Å². The predicted molar refractivity (Wildman–Crippen MR) is 83.1 cm³/mol. The van der Waals surface area contributed by atoms with Gasteiger partial charge in [-0.2, -0.15) is 0 Å². The van der Waals surface area contributed by atoms with Gasteiger partial charge in [0.05, 0.1) is 0 Å². The van der Waals surface area contributed by atoms with E-state index in [1.807, 2.05) is 48.5 Å². The summed E-state index contributed by atoms with van der Waals surface area (Å²) >= 11 is 5.56. The van der Waals surface area contributed by atoms with Crippen LogP contribution in [0, 0.1) is 3.57 Å². The summed E-state index contributed by atoms with van der Waals surface area (Å²) in [6.07, 6.45) is 0. The van der Waals surface area contributed by atoms with Crippen molar-refractivity contribution in [3.05, 3.63) is 62.1 Å². The fourth-order valence-corrected chi connectivity index (χ4v) is 2.16. The van der Waals surface area contributed by atoms with Crippen LogP contribution < -0.4 is 4.74 Å². The zero-order valence-corrected chi connectivity index (χ0v) is 13.1. The van der Waals surface area contributed by atoms with Gasteiger partial charge < -0.3 is 4.74 Å². The van der Waals surface area contributed by atoms with E-state index in [4.69, 9.17) is 4.74 Å². The van der Waals surface area contributed by atoms with Crippen LogP contribution in [0.25, 0.3) is 0 Å². The van der Waals surface area contributed by atoms with Crippen LogP contribution in [-0.2, 0) is 0 Å². The summed E-state index contributed by atoms with van der Waals surface area (Å²) in [5.41, 5.74) is 0.672. The normalized spacial score (nSPS) is 10.1. The Balaban J connectivity index is 1.98. The highest BCUT2D eigenvalue weighted by molar-refractivity contribution is 14.1. The van der Waals surface area contributed by atoms with E-state index in [1.165, 1.54) is 0 Å². The molecule has 2 aromatic carbocycles. The Hall–Kier alpha value is -0.880. The third kappa shape index (κ3) is 3.81. The van der Waals surface area contributed by atoms with Crippen LogP contribution in [0.5, 0.6) is 5.75 Å². The Morgan fingerprint density at radius 3 is 2.56 bits per heavy atom. The molecule has 0 amide bonds. The van der Waals surface area contributed by atoms with Crippen LogP contribution in [0.1, 0.15) is 10.4 Å². The molecule has 0 aromatic heterocycles. The maximum Gasteiger partial charge on any atom is 0.200 e. The molecular weight excluding hydrogens is 407 g/mol. The second-order valence-electron chi connectivity index (χ2n) is 3.68. The second kappa shape index (κ2) is 6.33. The highest BCUT2D eigenvalue weighted by atomic mass is 127. The summed E-state index contributed by atoms with van der Waals surface area (Å²) in [6.45, 7) is 0.0526. The van der Waals surface area contributed by atoms with Gasteiger partial charge in [-0.25, -0.2) is 0 Å². The molecule has 4 heteroatoms. The predicted octanol–water partition coefficient (Wildman–Crippen LogP) is 4.32. The third-order valence-electron chi connectivity index (χ3n) is 2.33. The largest absolute Gasteiger partial charge is 0.485 e. The van der Waals surface area contributed by atoms with Crippen LogP contribution in [0.3, 0.4) is 0 Å². The van der Waals surface area contributed by atoms with E-state index in [2.05, 4.69) is 38.5 Å². The standard InChI is InChI=1S/C14H10BrIO2/c15-11-2-1-3-13(8-11)18-9-14(17)10-4-6-12(16)7-5-10/h1-8H,9H2. The number of hydrogen-bond acceptors (Lipinski definition) is 2. The topological polar surface area (TPSA) is 26.3 Å². The van der Waals surface area contributed by atoms with E-state index in [0.29, 0.717) is 11.3 Å². The average Bonchev–Trinajstić information content (AvgIpc) is 2.37. The van der Waals surface area contributed by atoms with Gasteiger partial charge in [0.1, 0.15) is 5.75 Å². The molecule has 0 fully saturated rings. The number of ketones is 1. The second-order valence-corrected chi connectivity index (χ2v) is 5.84. The molecule has 0 bridgehead atoms. The summed E-state index contributed by atoms with van der Waals surface area (Å²) in [7, 11) is 0. The van der Waals surface area contributed by atoms with Crippen LogP contribution >= 0.6 is 38.5 Å². The van der Waals surface area contributed by atoms with Crippen molar-refractivity contribution in [2.45, 2.75) is 0 Å². The van der Waals surface area contributed by atoms with Crippen molar-refractivity contribution in [1.82, 2.24) is 0 Å². The minimum Gasteiger partial charge on any atom is -0.485 e. The van der Waals surface area contributed by atoms with Gasteiger partial charge in [-0.05, 0) is 52.9 Å². The minimum absolute atomic E-state index is 0.0219. The van der Waals surface area contributed by atoms with E-state index < -0.39 is 0 Å². The molecule has 0 unspecified atom stereocenters. The van der Waals surface area contributed by atoms with E-state index in [-0.39, 0.29) is 12.4 Å². The lowest BCUT2D eigenvalue weighted by atomic mass is 10.1. The molecule has 0 N–H and O–H groups in total. The molecule has 2 nitrogen and oxygen atoms in total. The molecule has 0 aliphatic carbocycles. The average molecular weight is 417 g/mol. The molecule has 0 saturated carbocycles. The van der Waals surface area contributed by atoms with E-state index >= 15 is 0 Å². The van der Waals surface area contributed by atoms with Gasteiger partial charge in [0.25, 0.3) is 0 Å². The first-order chi connectivity index (χ1) is 8.65. The van der Waals surface area contributed by atoms with Gasteiger partial charge in [0.2, 0.25) is 0 Å². The molecule has 0 aliphatic rings. The lowest BCUT2D eigenvalue weighted by Crippen LogP contribution is -2.11. The van der Waals surface area contributed by atoms with Crippen molar-refractivity contribution in [1.29, 1.82) is 0 Å². The highest BCUT2D eigenvalue weighted by Gasteiger charge is 2.06. The molecular formula is C14H10BrIO2. The molecule has 0 aliphatic heterocycles. The first-order valence-corrected chi connectivity index (χ1v) is 7.19. The van der Waals surface area contributed by atoms with Gasteiger partial charge in [0, 0.05) is 13.6 Å². The Morgan fingerprint density at radius 2 is 1.89 bits per heavy atom. The van der Waals surface area contributed by atoms with Crippen molar-refractivity contribution in [3.8, 4) is 5.75 Å². The van der Waals surface area contributed by atoms with Gasteiger partial charge in [-0.15, -0.1) is 0 Å². The Labute approximate surface area is 128 Å². The van der Waals surface area contributed by atoms with Crippen LogP contribution in [0.4, 0.5) is 0 Å². The smallest absolute Gasteiger partial charge is 0.200 e. The van der Waals surface area contributed by atoms with E-state index in [0.717, 1.165) is 8.04 Å². The number of carbonyl (C=O) groups is 1. The molecule has 2 aromatic rings. The first-order valence-electron chi connectivity index (χ1n) is 5.32. The van der Waals surface area contributed by atoms with Crippen LogP contribution in [0.2, 0.25) is 0 Å². The number of carbonyl (C=O) groups excluding carboxylic acids is 1. The summed E-state index contributed by atoms with van der Waals surface area (Å²) in [4.78, 5) is 11.9. The fraction of sp³-hybridized carbons (Fsp3) is 0.0714. The van der Waals surface area contributed by atoms with Crippen molar-refractivity contribution in [2.24, 2.45) is 0 Å². The number of rotatable bonds is 4. The summed E-state index contributed by atoms with van der Waals surface area (Å²) in [5, 5.41) is 0. The van der Waals surface area contributed by atoms with Gasteiger partial charge in [-0.3, -0.25) is 4.79 Å². The number of Topliss-reactive ketones (excluding diaryl/α,β-unsaturated/α-hetero) is 1. The monoisotopic (exact) mass is 416 g/mol. The minimum atomic E-state index is -0.0219. The van der Waals surface area contributed by atoms with Crippen LogP contribution in [0.15, 0.2) is 53.0 Å². The van der Waals surface area contributed by atoms with Crippen molar-refractivity contribution in [2.75, 3.05) is 6.61 Å². The Kier molecular flexibility index (Phi) is 4.77. The molecule has 0 spiro atoms.